The summed E-state index contributed by atoms with van der Waals surface area (Å²) in [7, 11) is 0. The third-order valence-electron chi connectivity index (χ3n) is 5.05. The Hall–Kier alpha value is -3.66. The van der Waals surface area contributed by atoms with Gasteiger partial charge in [0.1, 0.15) is 11.0 Å². The van der Waals surface area contributed by atoms with Crippen LogP contribution in [-0.4, -0.2) is 20.4 Å². The molecule has 26 heavy (non-hydrogen) atoms. The molecular formula is C22H12N4. The Morgan fingerprint density at radius 1 is 0.346 bits per heavy atom. The quantitative estimate of drug-likeness (QED) is 0.366. The summed E-state index contributed by atoms with van der Waals surface area (Å²) in [5, 5.41) is 24.4. The molecular weight excluding hydrogens is 320 g/mol. The molecule has 0 spiro atoms. The van der Waals surface area contributed by atoms with Gasteiger partial charge in [0, 0.05) is 32.3 Å². The van der Waals surface area contributed by atoms with Crippen molar-refractivity contribution in [1.82, 2.24) is 20.4 Å². The molecule has 0 saturated carbocycles. The molecule has 0 aliphatic rings. The van der Waals surface area contributed by atoms with Gasteiger partial charge in [-0.25, -0.2) is 0 Å². The van der Waals surface area contributed by atoms with Gasteiger partial charge in [-0.2, -0.15) is 0 Å². The number of aromatic nitrogens is 4. The van der Waals surface area contributed by atoms with Crippen LogP contribution in [0.1, 0.15) is 0 Å². The van der Waals surface area contributed by atoms with E-state index < -0.39 is 0 Å². The van der Waals surface area contributed by atoms with Crippen LogP contribution < -0.4 is 0 Å². The Morgan fingerprint density at radius 2 is 0.731 bits per heavy atom. The second kappa shape index (κ2) is 4.92. The van der Waals surface area contributed by atoms with Crippen LogP contribution in [0.25, 0.3) is 54.4 Å². The number of nitrogens with zero attached hydrogens (tertiary/aromatic N) is 4. The molecule has 6 aromatic rings. The minimum Gasteiger partial charge on any atom is -0.150 e. The molecule has 0 radical (unpaired) electrons. The molecule has 0 aliphatic carbocycles. The zero-order valence-electron chi connectivity index (χ0n) is 13.7. The lowest BCUT2D eigenvalue weighted by Gasteiger charge is -2.08. The average Bonchev–Trinajstić information content (AvgIpc) is 2.72. The van der Waals surface area contributed by atoms with E-state index >= 15 is 0 Å². The molecule has 0 amide bonds. The average molecular weight is 332 g/mol. The van der Waals surface area contributed by atoms with E-state index in [-0.39, 0.29) is 0 Å². The highest BCUT2D eigenvalue weighted by atomic mass is 15.1. The van der Waals surface area contributed by atoms with Gasteiger partial charge in [0.25, 0.3) is 0 Å². The second-order valence-corrected chi connectivity index (χ2v) is 6.45. The van der Waals surface area contributed by atoms with E-state index in [0.717, 1.165) is 54.4 Å². The Labute approximate surface area is 148 Å². The van der Waals surface area contributed by atoms with Crippen LogP contribution in [0.2, 0.25) is 0 Å². The zero-order chi connectivity index (χ0) is 17.1. The number of hydrogen-bond donors (Lipinski definition) is 0. The lowest BCUT2D eigenvalue weighted by Crippen LogP contribution is -1.92. The minimum absolute atomic E-state index is 0.901. The van der Waals surface area contributed by atoms with Crippen LogP contribution in [0.15, 0.2) is 72.8 Å². The van der Waals surface area contributed by atoms with Crippen LogP contribution >= 0.6 is 0 Å². The summed E-state index contributed by atoms with van der Waals surface area (Å²) in [6, 6.07) is 24.7. The molecule has 0 bridgehead atoms. The van der Waals surface area contributed by atoms with Crippen molar-refractivity contribution in [3.63, 3.8) is 0 Å². The van der Waals surface area contributed by atoms with E-state index in [0.29, 0.717) is 0 Å². The Kier molecular flexibility index (Phi) is 2.58. The first-order valence-electron chi connectivity index (χ1n) is 8.52. The van der Waals surface area contributed by atoms with Gasteiger partial charge in [-0.15, -0.1) is 20.4 Å². The molecule has 2 aromatic heterocycles. The van der Waals surface area contributed by atoms with E-state index in [1.807, 2.05) is 36.4 Å². The smallest absolute Gasteiger partial charge is 0.101 e. The fraction of sp³-hybridized carbons (Fsp3) is 0. The van der Waals surface area contributed by atoms with Crippen molar-refractivity contribution in [3.05, 3.63) is 72.8 Å². The van der Waals surface area contributed by atoms with Crippen LogP contribution in [-0.2, 0) is 0 Å². The van der Waals surface area contributed by atoms with Gasteiger partial charge >= 0.3 is 0 Å². The third-order valence-corrected chi connectivity index (χ3v) is 5.05. The predicted octanol–water partition coefficient (Wildman–Crippen LogP) is 5.03. The molecule has 0 atom stereocenters. The highest BCUT2D eigenvalue weighted by Crippen LogP contribution is 2.33. The molecule has 0 aliphatic heterocycles. The maximum atomic E-state index is 4.51. The number of fused-ring (bicyclic) bond motifs is 9. The first-order valence-corrected chi connectivity index (χ1v) is 8.52. The van der Waals surface area contributed by atoms with E-state index in [4.69, 9.17) is 0 Å². The molecule has 120 valence electrons. The van der Waals surface area contributed by atoms with Crippen molar-refractivity contribution >= 4 is 54.4 Å². The Bertz CT molecular complexity index is 1370. The number of benzene rings is 4. The molecule has 0 saturated heterocycles. The van der Waals surface area contributed by atoms with Crippen molar-refractivity contribution in [2.75, 3.05) is 0 Å². The van der Waals surface area contributed by atoms with E-state index in [9.17, 15) is 0 Å². The molecule has 4 heteroatoms. The maximum absolute atomic E-state index is 4.51. The van der Waals surface area contributed by atoms with Crippen LogP contribution in [0.5, 0.6) is 0 Å². The topological polar surface area (TPSA) is 51.6 Å². The molecule has 4 nitrogen and oxygen atoms in total. The molecule has 0 unspecified atom stereocenters. The van der Waals surface area contributed by atoms with Gasteiger partial charge in [0.05, 0.1) is 11.0 Å². The number of hydrogen-bond acceptors (Lipinski definition) is 4. The van der Waals surface area contributed by atoms with Crippen LogP contribution in [0.4, 0.5) is 0 Å². The molecule has 6 rings (SSSR count). The monoisotopic (exact) mass is 332 g/mol. The van der Waals surface area contributed by atoms with Crippen molar-refractivity contribution in [2.24, 2.45) is 0 Å². The first kappa shape index (κ1) is 13.6. The summed E-state index contributed by atoms with van der Waals surface area (Å²) in [6.07, 6.45) is 0. The summed E-state index contributed by atoms with van der Waals surface area (Å²) in [4.78, 5) is 0. The highest BCUT2D eigenvalue weighted by Gasteiger charge is 2.11. The van der Waals surface area contributed by atoms with E-state index in [1.165, 1.54) is 0 Å². The molecule has 4 aromatic carbocycles. The van der Waals surface area contributed by atoms with Gasteiger partial charge < -0.3 is 0 Å². The fourth-order valence-electron chi connectivity index (χ4n) is 3.81. The van der Waals surface area contributed by atoms with Gasteiger partial charge in [0.2, 0.25) is 0 Å². The van der Waals surface area contributed by atoms with Crippen LogP contribution in [0, 0.1) is 0 Å². The standard InChI is InChI=1S/C22H12N4/c1-3-7-19-13(5-1)15-9-11-18-17(21(15)25-23-19)12-10-16-14-6-2-4-8-20(14)24-26-22(16)18/h1-12H. The van der Waals surface area contributed by atoms with Crippen molar-refractivity contribution in [2.45, 2.75) is 0 Å². The summed E-state index contributed by atoms with van der Waals surface area (Å²) in [5.41, 5.74) is 3.62. The zero-order valence-corrected chi connectivity index (χ0v) is 13.7. The minimum atomic E-state index is 0.901. The summed E-state index contributed by atoms with van der Waals surface area (Å²) in [5.74, 6) is 0. The largest absolute Gasteiger partial charge is 0.150 e. The molecule has 0 fully saturated rings. The Morgan fingerprint density at radius 3 is 1.19 bits per heavy atom. The molecule has 2 heterocycles. The summed E-state index contributed by atoms with van der Waals surface area (Å²) in [6.45, 7) is 0. The first-order chi connectivity index (χ1) is 12.9. The lowest BCUT2D eigenvalue weighted by molar-refractivity contribution is 1.12. The summed E-state index contributed by atoms with van der Waals surface area (Å²) < 4.78 is 0. The predicted molar refractivity (Wildman–Crippen MR) is 105 cm³/mol. The molecule has 0 N–H and O–H groups in total. The van der Waals surface area contributed by atoms with E-state index in [1.54, 1.807) is 0 Å². The van der Waals surface area contributed by atoms with Gasteiger partial charge in [0.15, 0.2) is 0 Å². The van der Waals surface area contributed by atoms with E-state index in [2.05, 4.69) is 56.8 Å². The van der Waals surface area contributed by atoms with Gasteiger partial charge in [-0.3, -0.25) is 0 Å². The summed E-state index contributed by atoms with van der Waals surface area (Å²) >= 11 is 0. The maximum Gasteiger partial charge on any atom is 0.101 e. The van der Waals surface area contributed by atoms with Crippen LogP contribution in [0.3, 0.4) is 0 Å². The van der Waals surface area contributed by atoms with Crippen molar-refractivity contribution in [3.8, 4) is 0 Å². The van der Waals surface area contributed by atoms with Crippen molar-refractivity contribution < 1.29 is 0 Å². The highest BCUT2D eigenvalue weighted by molar-refractivity contribution is 6.21. The number of rotatable bonds is 0. The Balaban J connectivity index is 1.82. The second-order valence-electron chi connectivity index (χ2n) is 6.45. The van der Waals surface area contributed by atoms with Gasteiger partial charge in [-0.05, 0) is 12.1 Å². The third kappa shape index (κ3) is 1.73. The SMILES string of the molecule is c1ccc2c(c1)nnc1c2ccc2c1ccc1c3ccccc3nnc12. The normalized spacial score (nSPS) is 11.8. The van der Waals surface area contributed by atoms with Crippen molar-refractivity contribution in [1.29, 1.82) is 0 Å². The fourth-order valence-corrected chi connectivity index (χ4v) is 3.81. The lowest BCUT2D eigenvalue weighted by atomic mass is 10.00. The van der Waals surface area contributed by atoms with Gasteiger partial charge in [-0.1, -0.05) is 60.7 Å².